The van der Waals surface area contributed by atoms with Gasteiger partial charge < -0.3 is 0 Å². The molecule has 14 heavy (non-hydrogen) atoms. The van der Waals surface area contributed by atoms with Crippen molar-refractivity contribution >= 4 is 27.3 Å². The monoisotopic (exact) mass is 202 g/mol. The molecule has 1 aromatic carbocycles. The molecule has 0 radical (unpaired) electrons. The molecule has 0 atom stereocenters. The van der Waals surface area contributed by atoms with Crippen LogP contribution in [0.4, 0.5) is 0 Å². The summed E-state index contributed by atoms with van der Waals surface area (Å²) < 4.78 is 2.18. The Bertz CT molecular complexity index is 591. The van der Waals surface area contributed by atoms with E-state index in [1.165, 1.54) is 10.4 Å². The zero-order valence-electron chi connectivity index (χ0n) is 7.90. The molecule has 2 heterocycles. The van der Waals surface area contributed by atoms with Gasteiger partial charge in [0.15, 0.2) is 4.96 Å². The molecular weight excluding hydrogens is 192 g/mol. The second kappa shape index (κ2) is 2.82. The minimum absolute atomic E-state index is 1.08. The normalized spacial score (nSPS) is 11.5. The van der Waals surface area contributed by atoms with Gasteiger partial charge in [-0.3, -0.25) is 4.40 Å². The molecule has 0 amide bonds. The van der Waals surface area contributed by atoms with Gasteiger partial charge in [-0.25, -0.2) is 4.98 Å². The van der Waals surface area contributed by atoms with E-state index in [4.69, 9.17) is 0 Å². The van der Waals surface area contributed by atoms with Gasteiger partial charge in [-0.15, -0.1) is 11.3 Å². The van der Waals surface area contributed by atoms with Crippen LogP contribution in [0.25, 0.3) is 16.0 Å². The van der Waals surface area contributed by atoms with Crippen LogP contribution in [0.5, 0.6) is 0 Å². The average molecular weight is 202 g/mol. The average Bonchev–Trinajstić information content (AvgIpc) is 2.73. The number of para-hydroxylation sites is 2. The molecule has 0 bridgehead atoms. The Labute approximate surface area is 85.8 Å². The van der Waals surface area contributed by atoms with Crippen LogP contribution in [0.3, 0.4) is 0 Å². The second-order valence-corrected chi connectivity index (χ2v) is 4.40. The van der Waals surface area contributed by atoms with E-state index in [9.17, 15) is 0 Å². The summed E-state index contributed by atoms with van der Waals surface area (Å²) >= 11 is 1.77. The van der Waals surface area contributed by atoms with Crippen LogP contribution < -0.4 is 0 Å². The predicted molar refractivity (Wildman–Crippen MR) is 60.0 cm³/mol. The molecule has 3 aromatic rings. The van der Waals surface area contributed by atoms with Gasteiger partial charge in [0.1, 0.15) is 0 Å². The molecule has 3 heteroatoms. The number of hydrogen-bond donors (Lipinski definition) is 0. The van der Waals surface area contributed by atoms with Crippen molar-refractivity contribution in [2.24, 2.45) is 0 Å². The van der Waals surface area contributed by atoms with Crippen LogP contribution in [0, 0.1) is 0 Å². The van der Waals surface area contributed by atoms with Crippen LogP contribution in [-0.4, -0.2) is 9.38 Å². The Balaban J connectivity index is 2.45. The maximum Gasteiger partial charge on any atom is 0.194 e. The zero-order chi connectivity index (χ0) is 9.54. The Kier molecular flexibility index (Phi) is 1.61. The molecule has 0 spiro atoms. The van der Waals surface area contributed by atoms with Crippen molar-refractivity contribution in [3.63, 3.8) is 0 Å². The highest BCUT2D eigenvalue weighted by molar-refractivity contribution is 7.17. The summed E-state index contributed by atoms with van der Waals surface area (Å²) in [6, 6.07) is 8.25. The van der Waals surface area contributed by atoms with E-state index in [-0.39, 0.29) is 0 Å². The Morgan fingerprint density at radius 1 is 1.36 bits per heavy atom. The first-order chi connectivity index (χ1) is 6.88. The summed E-state index contributed by atoms with van der Waals surface area (Å²) in [6.07, 6.45) is 3.28. The largest absolute Gasteiger partial charge is 0.290 e. The van der Waals surface area contributed by atoms with Gasteiger partial charge in [0.05, 0.1) is 11.0 Å². The lowest BCUT2D eigenvalue weighted by molar-refractivity contribution is 1.15. The number of benzene rings is 1. The minimum atomic E-state index is 1.08. The highest BCUT2D eigenvalue weighted by atomic mass is 32.1. The predicted octanol–water partition coefficient (Wildman–Crippen LogP) is 3.11. The van der Waals surface area contributed by atoms with Crippen LogP contribution >= 0.6 is 11.3 Å². The summed E-state index contributed by atoms with van der Waals surface area (Å²) in [5.74, 6) is 0. The lowest BCUT2D eigenvalue weighted by Crippen LogP contribution is -1.76. The van der Waals surface area contributed by atoms with Gasteiger partial charge in [-0.2, -0.15) is 0 Å². The molecule has 0 unspecified atom stereocenters. The summed E-state index contributed by atoms with van der Waals surface area (Å²) in [4.78, 5) is 7.05. The quantitative estimate of drug-likeness (QED) is 0.592. The lowest BCUT2D eigenvalue weighted by Gasteiger charge is -1.88. The first-order valence-corrected chi connectivity index (χ1v) is 5.55. The van der Waals surface area contributed by atoms with E-state index in [0.29, 0.717) is 0 Å². The van der Waals surface area contributed by atoms with E-state index < -0.39 is 0 Å². The molecule has 0 fully saturated rings. The van der Waals surface area contributed by atoms with E-state index in [2.05, 4.69) is 40.7 Å². The Morgan fingerprint density at radius 3 is 3.07 bits per heavy atom. The standard InChI is InChI=1S/C11H10N2S/c1-2-8-7-13-10-6-4-3-5-9(10)12-11(13)14-8/h3-7H,2H2,1H3. The first-order valence-electron chi connectivity index (χ1n) is 4.74. The Morgan fingerprint density at radius 2 is 2.21 bits per heavy atom. The fourth-order valence-electron chi connectivity index (χ4n) is 1.67. The SMILES string of the molecule is CCc1cn2c(nc3ccccc32)s1. The summed E-state index contributed by atoms with van der Waals surface area (Å²) in [7, 11) is 0. The van der Waals surface area contributed by atoms with Crippen molar-refractivity contribution < 1.29 is 0 Å². The summed E-state index contributed by atoms with van der Waals surface area (Å²) in [6.45, 7) is 2.17. The topological polar surface area (TPSA) is 17.3 Å². The molecule has 0 aliphatic heterocycles. The van der Waals surface area contributed by atoms with Gasteiger partial charge in [-0.1, -0.05) is 19.1 Å². The van der Waals surface area contributed by atoms with Gasteiger partial charge in [0, 0.05) is 11.1 Å². The van der Waals surface area contributed by atoms with Crippen molar-refractivity contribution in [1.29, 1.82) is 0 Å². The Hall–Kier alpha value is -1.35. The molecule has 70 valence electrons. The van der Waals surface area contributed by atoms with Crippen LogP contribution in [0.2, 0.25) is 0 Å². The number of nitrogens with zero attached hydrogens (tertiary/aromatic N) is 2. The first kappa shape index (κ1) is 8.00. The molecule has 0 aliphatic carbocycles. The van der Waals surface area contributed by atoms with E-state index in [1.807, 2.05) is 6.07 Å². The second-order valence-electron chi connectivity index (χ2n) is 3.30. The third-order valence-corrected chi connectivity index (χ3v) is 3.53. The number of thiazole rings is 1. The highest BCUT2D eigenvalue weighted by Gasteiger charge is 2.06. The molecule has 2 nitrogen and oxygen atoms in total. The number of fused-ring (bicyclic) bond motifs is 3. The van der Waals surface area contributed by atoms with Gasteiger partial charge in [0.2, 0.25) is 0 Å². The molecule has 0 aliphatic rings. The molecular formula is C11H10N2S. The summed E-state index contributed by atoms with van der Waals surface area (Å²) in [5, 5.41) is 0. The molecule has 0 saturated carbocycles. The van der Waals surface area contributed by atoms with Crippen molar-refractivity contribution in [1.82, 2.24) is 9.38 Å². The van der Waals surface area contributed by atoms with Crippen LogP contribution in [0.15, 0.2) is 30.5 Å². The van der Waals surface area contributed by atoms with Gasteiger partial charge in [-0.05, 0) is 18.6 Å². The van der Waals surface area contributed by atoms with E-state index >= 15 is 0 Å². The number of aryl methyl sites for hydroxylation is 1. The van der Waals surface area contributed by atoms with Crippen molar-refractivity contribution in [2.45, 2.75) is 13.3 Å². The summed E-state index contributed by atoms with van der Waals surface area (Å²) in [5.41, 5.74) is 2.29. The van der Waals surface area contributed by atoms with E-state index in [1.54, 1.807) is 11.3 Å². The molecule has 2 aromatic heterocycles. The highest BCUT2D eigenvalue weighted by Crippen LogP contribution is 2.23. The minimum Gasteiger partial charge on any atom is -0.290 e. The van der Waals surface area contributed by atoms with Crippen molar-refractivity contribution in [3.05, 3.63) is 35.3 Å². The number of imidazole rings is 1. The number of rotatable bonds is 1. The number of hydrogen-bond acceptors (Lipinski definition) is 2. The van der Waals surface area contributed by atoms with Gasteiger partial charge >= 0.3 is 0 Å². The van der Waals surface area contributed by atoms with Crippen LogP contribution in [-0.2, 0) is 6.42 Å². The maximum atomic E-state index is 4.57. The third-order valence-electron chi connectivity index (χ3n) is 2.41. The van der Waals surface area contributed by atoms with Gasteiger partial charge in [0.25, 0.3) is 0 Å². The molecule has 0 N–H and O–H groups in total. The number of aromatic nitrogens is 2. The fraction of sp³-hybridized carbons (Fsp3) is 0.182. The van der Waals surface area contributed by atoms with Crippen molar-refractivity contribution in [2.75, 3.05) is 0 Å². The molecule has 0 saturated heterocycles. The van der Waals surface area contributed by atoms with E-state index in [0.717, 1.165) is 16.9 Å². The fourth-order valence-corrected chi connectivity index (χ4v) is 2.60. The third kappa shape index (κ3) is 0.990. The lowest BCUT2D eigenvalue weighted by atomic mass is 10.3. The maximum absolute atomic E-state index is 4.57. The zero-order valence-corrected chi connectivity index (χ0v) is 8.71. The van der Waals surface area contributed by atoms with Crippen LogP contribution in [0.1, 0.15) is 11.8 Å². The molecule has 3 rings (SSSR count). The van der Waals surface area contributed by atoms with Crippen molar-refractivity contribution in [3.8, 4) is 0 Å². The smallest absolute Gasteiger partial charge is 0.194 e.